The molecule has 0 bridgehead atoms. The second-order valence-corrected chi connectivity index (χ2v) is 4.55. The van der Waals surface area contributed by atoms with E-state index in [1.54, 1.807) is 24.3 Å². The number of nitrogens with one attached hydrogen (secondary N) is 3. The van der Waals surface area contributed by atoms with Crippen molar-refractivity contribution in [3.63, 3.8) is 0 Å². The molecule has 1 heterocycles. The van der Waals surface area contributed by atoms with Crippen molar-refractivity contribution in [3.05, 3.63) is 42.0 Å². The molecule has 0 fully saturated rings. The normalized spacial score (nSPS) is 10.1. The highest BCUT2D eigenvalue weighted by Crippen LogP contribution is 2.10. The average molecular weight is 287 g/mol. The van der Waals surface area contributed by atoms with Crippen LogP contribution in [0.25, 0.3) is 0 Å². The van der Waals surface area contributed by atoms with Crippen LogP contribution in [0.1, 0.15) is 29.5 Å². The summed E-state index contributed by atoms with van der Waals surface area (Å²) in [5, 5.41) is 11.9. The average Bonchev–Trinajstić information content (AvgIpc) is 2.97. The van der Waals surface area contributed by atoms with Crippen LogP contribution in [0.4, 0.5) is 10.5 Å². The minimum Gasteiger partial charge on any atom is -0.338 e. The van der Waals surface area contributed by atoms with Gasteiger partial charge in [0.25, 0.3) is 0 Å². The Morgan fingerprint density at radius 3 is 2.90 bits per heavy atom. The largest absolute Gasteiger partial charge is 0.338 e. The van der Waals surface area contributed by atoms with Crippen LogP contribution in [0.3, 0.4) is 0 Å². The number of hydrogen-bond donors (Lipinski definition) is 3. The zero-order valence-electron chi connectivity index (χ0n) is 11.7. The van der Waals surface area contributed by atoms with Crippen LogP contribution in [0.5, 0.6) is 0 Å². The standard InChI is InChI=1S/C14H17N5O2/c1-10(20)11-4-2-5-12(8-11)18-14(21)15-7-3-6-13-16-9-17-19-13/h2,4-5,8-9H,3,6-7H2,1H3,(H2,15,18,21)(H,16,17,19). The molecule has 0 spiro atoms. The zero-order chi connectivity index (χ0) is 15.1. The molecule has 0 saturated carbocycles. The van der Waals surface area contributed by atoms with Gasteiger partial charge in [-0.1, -0.05) is 12.1 Å². The van der Waals surface area contributed by atoms with E-state index >= 15 is 0 Å². The minimum atomic E-state index is -0.298. The van der Waals surface area contributed by atoms with Crippen molar-refractivity contribution >= 4 is 17.5 Å². The summed E-state index contributed by atoms with van der Waals surface area (Å²) in [5.41, 5.74) is 1.16. The van der Waals surface area contributed by atoms with Crippen LogP contribution in [-0.2, 0) is 6.42 Å². The van der Waals surface area contributed by atoms with Crippen LogP contribution in [0.2, 0.25) is 0 Å². The topological polar surface area (TPSA) is 99.8 Å². The van der Waals surface area contributed by atoms with Crippen LogP contribution in [0, 0.1) is 0 Å². The fourth-order valence-electron chi connectivity index (χ4n) is 1.80. The molecule has 1 aromatic carbocycles. The van der Waals surface area contributed by atoms with E-state index in [2.05, 4.69) is 25.8 Å². The number of Topliss-reactive ketones (excluding diaryl/α,β-unsaturated/α-hetero) is 1. The van der Waals surface area contributed by atoms with Crippen LogP contribution in [0.15, 0.2) is 30.6 Å². The van der Waals surface area contributed by atoms with E-state index in [0.29, 0.717) is 17.8 Å². The Hall–Kier alpha value is -2.70. The number of aromatic amines is 1. The molecule has 3 N–H and O–H groups in total. The molecule has 21 heavy (non-hydrogen) atoms. The second kappa shape index (κ2) is 7.18. The maximum absolute atomic E-state index is 11.7. The third-order valence-corrected chi connectivity index (χ3v) is 2.87. The third kappa shape index (κ3) is 4.72. The molecule has 7 nitrogen and oxygen atoms in total. The van der Waals surface area contributed by atoms with Crippen LogP contribution in [-0.4, -0.2) is 33.5 Å². The van der Waals surface area contributed by atoms with Crippen molar-refractivity contribution in [1.82, 2.24) is 20.5 Å². The summed E-state index contributed by atoms with van der Waals surface area (Å²) in [7, 11) is 0. The highest BCUT2D eigenvalue weighted by atomic mass is 16.2. The Balaban J connectivity index is 1.74. The van der Waals surface area contributed by atoms with Crippen LogP contribution >= 0.6 is 0 Å². The number of anilines is 1. The van der Waals surface area contributed by atoms with Crippen molar-refractivity contribution in [2.45, 2.75) is 19.8 Å². The maximum atomic E-state index is 11.7. The Morgan fingerprint density at radius 1 is 1.33 bits per heavy atom. The quantitative estimate of drug-likeness (QED) is 0.556. The van der Waals surface area contributed by atoms with E-state index in [0.717, 1.165) is 18.7 Å². The number of aromatic nitrogens is 3. The Labute approximate surface area is 122 Å². The number of H-pyrrole nitrogens is 1. The SMILES string of the molecule is CC(=O)c1cccc(NC(=O)NCCCc2ncn[nH]2)c1. The summed E-state index contributed by atoms with van der Waals surface area (Å²) >= 11 is 0. The van der Waals surface area contributed by atoms with Crippen molar-refractivity contribution in [2.24, 2.45) is 0 Å². The molecule has 0 aliphatic carbocycles. The summed E-state index contributed by atoms with van der Waals surface area (Å²) in [4.78, 5) is 27.0. The van der Waals surface area contributed by atoms with E-state index in [1.807, 2.05) is 0 Å². The first-order valence-electron chi connectivity index (χ1n) is 6.65. The summed E-state index contributed by atoms with van der Waals surface area (Å²) in [6.07, 6.45) is 2.94. The van der Waals surface area contributed by atoms with Gasteiger partial charge in [0.05, 0.1) is 0 Å². The Bertz CT molecular complexity index is 610. The van der Waals surface area contributed by atoms with Gasteiger partial charge in [-0.25, -0.2) is 9.78 Å². The summed E-state index contributed by atoms with van der Waals surface area (Å²) in [6, 6.07) is 6.53. The zero-order valence-corrected chi connectivity index (χ0v) is 11.7. The Kier molecular flexibility index (Phi) is 5.03. The molecule has 110 valence electrons. The number of urea groups is 1. The molecule has 7 heteroatoms. The molecule has 0 atom stereocenters. The molecule has 0 aliphatic rings. The summed E-state index contributed by atoms with van der Waals surface area (Å²) in [6.45, 7) is 2.02. The predicted octanol–water partition coefficient (Wildman–Crippen LogP) is 1.76. The van der Waals surface area contributed by atoms with Gasteiger partial charge in [0, 0.05) is 24.2 Å². The van der Waals surface area contributed by atoms with Gasteiger partial charge in [0.15, 0.2) is 5.78 Å². The third-order valence-electron chi connectivity index (χ3n) is 2.87. The lowest BCUT2D eigenvalue weighted by atomic mass is 10.1. The first kappa shape index (κ1) is 14.7. The van der Waals surface area contributed by atoms with E-state index < -0.39 is 0 Å². The lowest BCUT2D eigenvalue weighted by molar-refractivity contribution is 0.101. The molecule has 2 amide bonds. The summed E-state index contributed by atoms with van der Waals surface area (Å²) < 4.78 is 0. The predicted molar refractivity (Wildman–Crippen MR) is 78.2 cm³/mol. The molecule has 0 aliphatic heterocycles. The molecule has 0 unspecified atom stereocenters. The first-order valence-corrected chi connectivity index (χ1v) is 6.65. The van der Waals surface area contributed by atoms with Gasteiger partial charge in [-0.2, -0.15) is 5.10 Å². The monoisotopic (exact) mass is 287 g/mol. The molecule has 2 aromatic rings. The van der Waals surface area contributed by atoms with Gasteiger partial charge in [-0.3, -0.25) is 9.89 Å². The van der Waals surface area contributed by atoms with Crippen molar-refractivity contribution in [2.75, 3.05) is 11.9 Å². The number of nitrogens with zero attached hydrogens (tertiary/aromatic N) is 2. The van der Waals surface area contributed by atoms with Crippen molar-refractivity contribution in [3.8, 4) is 0 Å². The number of carbonyl (C=O) groups excluding carboxylic acids is 2. The van der Waals surface area contributed by atoms with E-state index in [9.17, 15) is 9.59 Å². The van der Waals surface area contributed by atoms with Gasteiger partial charge in [-0.15, -0.1) is 0 Å². The molecule has 0 radical (unpaired) electrons. The molecule has 0 saturated heterocycles. The fourth-order valence-corrected chi connectivity index (χ4v) is 1.80. The maximum Gasteiger partial charge on any atom is 0.319 e. The van der Waals surface area contributed by atoms with Gasteiger partial charge in [-0.05, 0) is 25.5 Å². The van der Waals surface area contributed by atoms with E-state index in [-0.39, 0.29) is 11.8 Å². The van der Waals surface area contributed by atoms with Gasteiger partial charge < -0.3 is 10.6 Å². The van der Waals surface area contributed by atoms with Gasteiger partial charge >= 0.3 is 6.03 Å². The lowest BCUT2D eigenvalue weighted by Gasteiger charge is -2.08. The van der Waals surface area contributed by atoms with Crippen molar-refractivity contribution in [1.29, 1.82) is 0 Å². The number of aryl methyl sites for hydroxylation is 1. The number of ketones is 1. The number of hydrogen-bond acceptors (Lipinski definition) is 4. The number of rotatable bonds is 6. The molecular formula is C14H17N5O2. The number of amides is 2. The first-order chi connectivity index (χ1) is 10.1. The number of carbonyl (C=O) groups is 2. The van der Waals surface area contributed by atoms with E-state index in [1.165, 1.54) is 13.3 Å². The molecule has 1 aromatic heterocycles. The highest BCUT2D eigenvalue weighted by Gasteiger charge is 2.04. The Morgan fingerprint density at radius 2 is 2.19 bits per heavy atom. The molecular weight excluding hydrogens is 270 g/mol. The van der Waals surface area contributed by atoms with E-state index in [4.69, 9.17) is 0 Å². The van der Waals surface area contributed by atoms with Gasteiger partial charge in [0.1, 0.15) is 12.2 Å². The second-order valence-electron chi connectivity index (χ2n) is 4.55. The van der Waals surface area contributed by atoms with Crippen LogP contribution < -0.4 is 10.6 Å². The lowest BCUT2D eigenvalue weighted by Crippen LogP contribution is -2.29. The summed E-state index contributed by atoms with van der Waals surface area (Å²) in [5.74, 6) is 0.762. The number of benzene rings is 1. The highest BCUT2D eigenvalue weighted by molar-refractivity contribution is 5.96. The fraction of sp³-hybridized carbons (Fsp3) is 0.286. The van der Waals surface area contributed by atoms with Gasteiger partial charge in [0.2, 0.25) is 0 Å². The smallest absolute Gasteiger partial charge is 0.319 e. The molecule has 2 rings (SSSR count). The minimum absolute atomic E-state index is 0.0360. The van der Waals surface area contributed by atoms with Crippen molar-refractivity contribution < 1.29 is 9.59 Å².